The minimum Gasteiger partial charge on any atom is -0.496 e. The molecule has 0 atom stereocenters. The molecule has 0 saturated carbocycles. The second-order valence-corrected chi connectivity index (χ2v) is 4.32. The topological polar surface area (TPSA) is 35.5 Å². The molecule has 16 heavy (non-hydrogen) atoms. The molecule has 0 saturated heterocycles. The zero-order valence-electron chi connectivity index (χ0n) is 9.46. The highest BCUT2D eigenvalue weighted by molar-refractivity contribution is 9.10. The molecule has 0 unspecified atom stereocenters. The number of aryl methyl sites for hydroxylation is 1. The van der Waals surface area contributed by atoms with E-state index in [0.717, 1.165) is 28.6 Å². The Morgan fingerprint density at radius 2 is 2.19 bits per heavy atom. The Morgan fingerprint density at radius 1 is 1.44 bits per heavy atom. The lowest BCUT2D eigenvalue weighted by Gasteiger charge is -2.08. The van der Waals surface area contributed by atoms with Gasteiger partial charge in [-0.25, -0.2) is 0 Å². The third kappa shape index (κ3) is 4.23. The number of hydrogen-bond acceptors (Lipinski definition) is 3. The van der Waals surface area contributed by atoms with Crippen LogP contribution in [0.1, 0.15) is 18.9 Å². The summed E-state index contributed by atoms with van der Waals surface area (Å²) < 4.78 is 11.1. The lowest BCUT2D eigenvalue weighted by atomic mass is 10.1. The maximum Gasteiger partial charge on any atom is 0.302 e. The molecule has 0 N–H and O–H groups in total. The van der Waals surface area contributed by atoms with Gasteiger partial charge >= 0.3 is 5.97 Å². The molecule has 4 heteroatoms. The smallest absolute Gasteiger partial charge is 0.302 e. The van der Waals surface area contributed by atoms with Gasteiger partial charge in [-0.2, -0.15) is 0 Å². The van der Waals surface area contributed by atoms with Gasteiger partial charge in [0.05, 0.1) is 13.7 Å². The van der Waals surface area contributed by atoms with Crippen molar-refractivity contribution in [2.45, 2.75) is 19.8 Å². The lowest BCUT2D eigenvalue weighted by Crippen LogP contribution is -2.02. The number of rotatable bonds is 5. The summed E-state index contributed by atoms with van der Waals surface area (Å²) in [4.78, 5) is 10.6. The number of ether oxygens (including phenoxy) is 2. The molecule has 1 rings (SSSR count). The molecule has 0 aromatic heterocycles. The number of hydrogen-bond donors (Lipinski definition) is 0. The minimum atomic E-state index is -0.235. The predicted octanol–water partition coefficient (Wildman–Crippen LogP) is 2.95. The third-order valence-electron chi connectivity index (χ3n) is 2.14. The Bertz CT molecular complexity index is 363. The van der Waals surface area contributed by atoms with Gasteiger partial charge in [0.15, 0.2) is 0 Å². The molecule has 1 aromatic carbocycles. The molecule has 3 nitrogen and oxygen atoms in total. The van der Waals surface area contributed by atoms with Crippen LogP contribution < -0.4 is 4.74 Å². The summed E-state index contributed by atoms with van der Waals surface area (Å²) >= 11 is 3.42. The molecule has 0 spiro atoms. The minimum absolute atomic E-state index is 0.235. The van der Waals surface area contributed by atoms with Gasteiger partial charge in [-0.15, -0.1) is 0 Å². The van der Waals surface area contributed by atoms with Crippen LogP contribution in [-0.2, 0) is 16.0 Å². The van der Waals surface area contributed by atoms with Crippen LogP contribution in [-0.4, -0.2) is 19.7 Å². The van der Waals surface area contributed by atoms with Gasteiger partial charge in [-0.05, 0) is 36.6 Å². The van der Waals surface area contributed by atoms with Crippen molar-refractivity contribution in [1.82, 2.24) is 0 Å². The third-order valence-corrected chi connectivity index (χ3v) is 2.63. The van der Waals surface area contributed by atoms with Crippen molar-refractivity contribution in [2.75, 3.05) is 13.7 Å². The maximum absolute atomic E-state index is 10.6. The highest BCUT2D eigenvalue weighted by Gasteiger charge is 2.03. The van der Waals surface area contributed by atoms with Crippen molar-refractivity contribution in [3.63, 3.8) is 0 Å². The summed E-state index contributed by atoms with van der Waals surface area (Å²) in [6.45, 7) is 1.87. The average Bonchev–Trinajstić information content (AvgIpc) is 2.24. The summed E-state index contributed by atoms with van der Waals surface area (Å²) in [6.07, 6.45) is 1.63. The lowest BCUT2D eigenvalue weighted by molar-refractivity contribution is -0.141. The molecule has 0 heterocycles. The van der Waals surface area contributed by atoms with Gasteiger partial charge < -0.3 is 9.47 Å². The number of benzene rings is 1. The number of carbonyl (C=O) groups excluding carboxylic acids is 1. The van der Waals surface area contributed by atoms with Crippen LogP contribution in [0, 0.1) is 0 Å². The Labute approximate surface area is 104 Å². The highest BCUT2D eigenvalue weighted by Crippen LogP contribution is 2.24. The molecule has 1 aromatic rings. The van der Waals surface area contributed by atoms with Crippen molar-refractivity contribution in [2.24, 2.45) is 0 Å². The Morgan fingerprint density at radius 3 is 2.81 bits per heavy atom. The van der Waals surface area contributed by atoms with Crippen LogP contribution in [0.2, 0.25) is 0 Å². The zero-order valence-corrected chi connectivity index (χ0v) is 11.0. The average molecular weight is 287 g/mol. The first-order chi connectivity index (χ1) is 7.63. The van der Waals surface area contributed by atoms with Crippen molar-refractivity contribution < 1.29 is 14.3 Å². The molecule has 0 aliphatic heterocycles. The van der Waals surface area contributed by atoms with Crippen LogP contribution in [0.5, 0.6) is 5.75 Å². The van der Waals surface area contributed by atoms with E-state index in [9.17, 15) is 4.79 Å². The van der Waals surface area contributed by atoms with Crippen LogP contribution in [0.3, 0.4) is 0 Å². The molecule has 0 aliphatic rings. The standard InChI is InChI=1S/C12H15BrO3/c1-9(14)16-7-3-4-10-8-11(13)5-6-12(10)15-2/h5-6,8H,3-4,7H2,1-2H3. The van der Waals surface area contributed by atoms with Crippen molar-refractivity contribution in [1.29, 1.82) is 0 Å². The van der Waals surface area contributed by atoms with Crippen molar-refractivity contribution in [3.8, 4) is 5.75 Å². The quantitative estimate of drug-likeness (QED) is 0.617. The summed E-state index contributed by atoms with van der Waals surface area (Å²) in [5.74, 6) is 0.632. The largest absolute Gasteiger partial charge is 0.496 e. The second-order valence-electron chi connectivity index (χ2n) is 3.40. The van der Waals surface area contributed by atoms with E-state index in [-0.39, 0.29) is 5.97 Å². The van der Waals surface area contributed by atoms with E-state index in [4.69, 9.17) is 9.47 Å². The molecule has 0 aliphatic carbocycles. The summed E-state index contributed by atoms with van der Waals surface area (Å²) in [5, 5.41) is 0. The number of esters is 1. The van der Waals surface area contributed by atoms with E-state index >= 15 is 0 Å². The van der Waals surface area contributed by atoms with Crippen LogP contribution in [0.25, 0.3) is 0 Å². The van der Waals surface area contributed by atoms with Gasteiger partial charge in [0.1, 0.15) is 5.75 Å². The van der Waals surface area contributed by atoms with Crippen molar-refractivity contribution in [3.05, 3.63) is 28.2 Å². The Kier molecular flexibility index (Phi) is 5.32. The first kappa shape index (κ1) is 13.0. The molecule has 0 radical (unpaired) electrons. The first-order valence-corrected chi connectivity index (χ1v) is 5.88. The van der Waals surface area contributed by atoms with Gasteiger partial charge in [0.2, 0.25) is 0 Å². The number of methoxy groups -OCH3 is 1. The predicted molar refractivity (Wildman–Crippen MR) is 65.6 cm³/mol. The molecule has 0 amide bonds. The molecule has 0 fully saturated rings. The first-order valence-electron chi connectivity index (χ1n) is 5.09. The molecule has 88 valence electrons. The van der Waals surface area contributed by atoms with Gasteiger partial charge in [0, 0.05) is 11.4 Å². The summed E-state index contributed by atoms with van der Waals surface area (Å²) in [5.41, 5.74) is 1.11. The van der Waals surface area contributed by atoms with E-state index < -0.39 is 0 Å². The fourth-order valence-corrected chi connectivity index (χ4v) is 1.83. The summed E-state index contributed by atoms with van der Waals surface area (Å²) in [7, 11) is 1.65. The SMILES string of the molecule is COc1ccc(Br)cc1CCCOC(C)=O. The van der Waals surface area contributed by atoms with Crippen LogP contribution in [0.4, 0.5) is 0 Å². The fourth-order valence-electron chi connectivity index (χ4n) is 1.42. The normalized spacial score (nSPS) is 9.94. The second kappa shape index (κ2) is 6.53. The maximum atomic E-state index is 10.6. The van der Waals surface area contributed by atoms with E-state index in [1.165, 1.54) is 6.92 Å². The van der Waals surface area contributed by atoms with E-state index in [1.807, 2.05) is 18.2 Å². The monoisotopic (exact) mass is 286 g/mol. The van der Waals surface area contributed by atoms with Crippen LogP contribution in [0.15, 0.2) is 22.7 Å². The zero-order chi connectivity index (χ0) is 12.0. The van der Waals surface area contributed by atoms with E-state index in [1.54, 1.807) is 7.11 Å². The van der Waals surface area contributed by atoms with Crippen molar-refractivity contribution >= 4 is 21.9 Å². The van der Waals surface area contributed by atoms with Crippen LogP contribution >= 0.6 is 15.9 Å². The number of halogens is 1. The van der Waals surface area contributed by atoms with Gasteiger partial charge in [-0.1, -0.05) is 15.9 Å². The fraction of sp³-hybridized carbons (Fsp3) is 0.417. The van der Waals surface area contributed by atoms with Gasteiger partial charge in [-0.3, -0.25) is 4.79 Å². The summed E-state index contributed by atoms with van der Waals surface area (Å²) in [6, 6.07) is 5.88. The molecule has 0 bridgehead atoms. The Hall–Kier alpha value is -1.03. The van der Waals surface area contributed by atoms with E-state index in [0.29, 0.717) is 6.61 Å². The highest BCUT2D eigenvalue weighted by atomic mass is 79.9. The van der Waals surface area contributed by atoms with E-state index in [2.05, 4.69) is 15.9 Å². The molecular weight excluding hydrogens is 272 g/mol. The number of carbonyl (C=O) groups is 1. The Balaban J connectivity index is 2.51. The van der Waals surface area contributed by atoms with Gasteiger partial charge in [0.25, 0.3) is 0 Å². The molecular formula is C12H15BrO3.